The molecule has 0 saturated carbocycles. The zero-order valence-corrected chi connectivity index (χ0v) is 10.3. The molecule has 2 heteroatoms. The van der Waals surface area contributed by atoms with Gasteiger partial charge in [0.1, 0.15) is 11.9 Å². The average molecular weight is 220 g/mol. The molecule has 1 aliphatic carbocycles. The van der Waals surface area contributed by atoms with Gasteiger partial charge in [-0.15, -0.1) is 0 Å². The molecule has 0 N–H and O–H groups in total. The zero-order valence-electron chi connectivity index (χ0n) is 10.3. The Morgan fingerprint density at radius 3 is 2.75 bits per heavy atom. The van der Waals surface area contributed by atoms with Crippen LogP contribution in [0, 0.1) is 11.8 Å². The van der Waals surface area contributed by atoms with Crippen LogP contribution in [0.25, 0.3) is 0 Å². The predicted octanol–water partition coefficient (Wildman–Crippen LogP) is 3.24. The lowest BCUT2D eigenvalue weighted by atomic mass is 9.81. The Bertz CT molecular complexity index is 350. The van der Waals surface area contributed by atoms with Crippen molar-refractivity contribution in [3.05, 3.63) is 23.5 Å². The Morgan fingerprint density at radius 2 is 2.12 bits per heavy atom. The van der Waals surface area contributed by atoms with Crippen LogP contribution >= 0.6 is 0 Å². The van der Waals surface area contributed by atoms with Crippen LogP contribution in [0.4, 0.5) is 0 Å². The SMILES string of the molecule is C/C=C/[C@H]1OC2=C(CCC2)C(=O)[C@H]1C(C)C. The highest BCUT2D eigenvalue weighted by molar-refractivity contribution is 5.99. The summed E-state index contributed by atoms with van der Waals surface area (Å²) < 4.78 is 5.97. The maximum atomic E-state index is 12.4. The summed E-state index contributed by atoms with van der Waals surface area (Å²) in [5.74, 6) is 1.64. The highest BCUT2D eigenvalue weighted by atomic mass is 16.5. The normalized spacial score (nSPS) is 30.1. The fourth-order valence-electron chi connectivity index (χ4n) is 2.73. The summed E-state index contributed by atoms with van der Waals surface area (Å²) in [6.45, 7) is 6.18. The first-order valence-corrected chi connectivity index (χ1v) is 6.21. The van der Waals surface area contributed by atoms with Crippen molar-refractivity contribution in [2.75, 3.05) is 0 Å². The summed E-state index contributed by atoms with van der Waals surface area (Å²) in [5.41, 5.74) is 0.972. The van der Waals surface area contributed by atoms with E-state index >= 15 is 0 Å². The minimum absolute atomic E-state index is 0.00745. The van der Waals surface area contributed by atoms with Crippen LogP contribution in [0.1, 0.15) is 40.0 Å². The molecule has 0 bridgehead atoms. The number of ether oxygens (including phenoxy) is 1. The number of rotatable bonds is 2. The second-order valence-electron chi connectivity index (χ2n) is 5.00. The van der Waals surface area contributed by atoms with E-state index in [-0.39, 0.29) is 12.0 Å². The summed E-state index contributed by atoms with van der Waals surface area (Å²) in [5, 5.41) is 0. The van der Waals surface area contributed by atoms with E-state index in [1.165, 1.54) is 0 Å². The first-order chi connectivity index (χ1) is 7.65. The Kier molecular flexibility index (Phi) is 3.17. The van der Waals surface area contributed by atoms with Crippen LogP contribution < -0.4 is 0 Å². The topological polar surface area (TPSA) is 26.3 Å². The Labute approximate surface area is 97.4 Å². The highest BCUT2D eigenvalue weighted by Crippen LogP contribution is 2.39. The summed E-state index contributed by atoms with van der Waals surface area (Å²) in [6.07, 6.45) is 6.89. The standard InChI is InChI=1S/C14H20O2/c1-4-6-12-13(9(2)3)14(15)10-7-5-8-11(10)16-12/h4,6,9,12-13H,5,7-8H2,1-3H3/b6-4+/t12-,13+/m1/s1. The molecule has 0 saturated heterocycles. The van der Waals surface area contributed by atoms with E-state index in [1.807, 2.05) is 19.1 Å². The maximum absolute atomic E-state index is 12.4. The Balaban J connectivity index is 2.32. The van der Waals surface area contributed by atoms with Gasteiger partial charge in [-0.2, -0.15) is 0 Å². The van der Waals surface area contributed by atoms with E-state index in [1.54, 1.807) is 0 Å². The van der Waals surface area contributed by atoms with Crippen molar-refractivity contribution < 1.29 is 9.53 Å². The quantitative estimate of drug-likeness (QED) is 0.668. The zero-order chi connectivity index (χ0) is 11.7. The first kappa shape index (κ1) is 11.4. The van der Waals surface area contributed by atoms with E-state index in [9.17, 15) is 4.79 Å². The second-order valence-corrected chi connectivity index (χ2v) is 5.00. The van der Waals surface area contributed by atoms with Crippen LogP contribution in [-0.4, -0.2) is 11.9 Å². The number of ketones is 1. The lowest BCUT2D eigenvalue weighted by molar-refractivity contribution is -0.126. The third-order valence-corrected chi connectivity index (χ3v) is 3.50. The minimum Gasteiger partial charge on any atom is -0.490 e. The van der Waals surface area contributed by atoms with Crippen molar-refractivity contribution in [3.63, 3.8) is 0 Å². The summed E-state index contributed by atoms with van der Waals surface area (Å²) in [4.78, 5) is 12.4. The molecule has 0 aromatic heterocycles. The van der Waals surface area contributed by atoms with Gasteiger partial charge in [0.15, 0.2) is 5.78 Å². The smallest absolute Gasteiger partial charge is 0.169 e. The molecule has 1 aliphatic heterocycles. The number of allylic oxidation sites excluding steroid dienone is 3. The summed E-state index contributed by atoms with van der Waals surface area (Å²) in [6, 6.07) is 0. The summed E-state index contributed by atoms with van der Waals surface area (Å²) in [7, 11) is 0. The van der Waals surface area contributed by atoms with Crippen molar-refractivity contribution in [2.24, 2.45) is 11.8 Å². The predicted molar refractivity (Wildman–Crippen MR) is 63.9 cm³/mol. The molecule has 0 fully saturated rings. The van der Waals surface area contributed by atoms with Crippen molar-refractivity contribution >= 4 is 5.78 Å². The second kappa shape index (κ2) is 4.44. The molecule has 2 rings (SSSR count). The molecule has 0 aromatic rings. The van der Waals surface area contributed by atoms with E-state index in [4.69, 9.17) is 4.74 Å². The Morgan fingerprint density at radius 1 is 1.38 bits per heavy atom. The minimum atomic E-state index is -0.0469. The average Bonchev–Trinajstić information content (AvgIpc) is 2.65. The van der Waals surface area contributed by atoms with Gasteiger partial charge in [-0.1, -0.05) is 19.9 Å². The van der Waals surface area contributed by atoms with E-state index in [0.29, 0.717) is 11.7 Å². The highest BCUT2D eigenvalue weighted by Gasteiger charge is 2.40. The molecule has 0 amide bonds. The van der Waals surface area contributed by atoms with Crippen molar-refractivity contribution in [1.29, 1.82) is 0 Å². The summed E-state index contributed by atoms with van der Waals surface area (Å²) >= 11 is 0. The molecule has 0 spiro atoms. The Hall–Kier alpha value is -1.05. The van der Waals surface area contributed by atoms with Crippen molar-refractivity contribution in [1.82, 2.24) is 0 Å². The van der Waals surface area contributed by atoms with Gasteiger partial charge in [-0.3, -0.25) is 4.79 Å². The molecule has 2 nitrogen and oxygen atoms in total. The van der Waals surface area contributed by atoms with Gasteiger partial charge < -0.3 is 4.74 Å². The fraction of sp³-hybridized carbons (Fsp3) is 0.643. The molecule has 1 heterocycles. The lowest BCUT2D eigenvalue weighted by Crippen LogP contribution is -2.37. The first-order valence-electron chi connectivity index (χ1n) is 6.21. The van der Waals surface area contributed by atoms with Crippen LogP contribution in [0.3, 0.4) is 0 Å². The molecule has 0 aromatic carbocycles. The third kappa shape index (κ3) is 1.81. The van der Waals surface area contributed by atoms with E-state index in [0.717, 1.165) is 30.6 Å². The third-order valence-electron chi connectivity index (χ3n) is 3.50. The number of hydrogen-bond donors (Lipinski definition) is 0. The fourth-order valence-corrected chi connectivity index (χ4v) is 2.73. The largest absolute Gasteiger partial charge is 0.490 e. The van der Waals surface area contributed by atoms with Gasteiger partial charge in [0.05, 0.1) is 5.92 Å². The van der Waals surface area contributed by atoms with Crippen LogP contribution in [-0.2, 0) is 9.53 Å². The van der Waals surface area contributed by atoms with Crippen LogP contribution in [0.2, 0.25) is 0 Å². The molecule has 2 atom stereocenters. The molecule has 2 aliphatic rings. The van der Waals surface area contributed by atoms with Gasteiger partial charge in [0.25, 0.3) is 0 Å². The maximum Gasteiger partial charge on any atom is 0.169 e. The lowest BCUT2D eigenvalue weighted by Gasteiger charge is -2.32. The number of carbonyl (C=O) groups excluding carboxylic acids is 1. The molecular formula is C14H20O2. The number of Topliss-reactive ketones (excluding diaryl/α,β-unsaturated/α-hetero) is 1. The van der Waals surface area contributed by atoms with Crippen molar-refractivity contribution in [3.8, 4) is 0 Å². The molecule has 16 heavy (non-hydrogen) atoms. The number of carbonyl (C=O) groups is 1. The van der Waals surface area contributed by atoms with Crippen LogP contribution in [0.15, 0.2) is 23.5 Å². The molecular weight excluding hydrogens is 200 g/mol. The van der Waals surface area contributed by atoms with Crippen LogP contribution in [0.5, 0.6) is 0 Å². The molecule has 0 unspecified atom stereocenters. The molecule has 0 radical (unpaired) electrons. The van der Waals surface area contributed by atoms with Gasteiger partial charge >= 0.3 is 0 Å². The molecule has 88 valence electrons. The monoisotopic (exact) mass is 220 g/mol. The van der Waals surface area contributed by atoms with Gasteiger partial charge in [-0.05, 0) is 31.8 Å². The van der Waals surface area contributed by atoms with E-state index < -0.39 is 0 Å². The van der Waals surface area contributed by atoms with Gasteiger partial charge in [0.2, 0.25) is 0 Å². The van der Waals surface area contributed by atoms with Gasteiger partial charge in [-0.25, -0.2) is 0 Å². The van der Waals surface area contributed by atoms with E-state index in [2.05, 4.69) is 13.8 Å². The number of hydrogen-bond acceptors (Lipinski definition) is 2. The van der Waals surface area contributed by atoms with Gasteiger partial charge in [0, 0.05) is 12.0 Å². The van der Waals surface area contributed by atoms with Crippen molar-refractivity contribution in [2.45, 2.75) is 46.1 Å².